The highest BCUT2D eigenvalue weighted by atomic mass is 16.1. The molecule has 164 valence electrons. The van der Waals surface area contributed by atoms with E-state index in [1.165, 1.54) is 0 Å². The number of fused-ring (bicyclic) bond motifs is 1. The van der Waals surface area contributed by atoms with Crippen molar-refractivity contribution >= 4 is 16.6 Å². The highest BCUT2D eigenvalue weighted by Crippen LogP contribution is 2.49. The summed E-state index contributed by atoms with van der Waals surface area (Å²) in [4.78, 5) is 13.8. The van der Waals surface area contributed by atoms with Gasteiger partial charge in [0.25, 0.3) is 0 Å². The van der Waals surface area contributed by atoms with E-state index in [0.717, 1.165) is 27.6 Å². The minimum Gasteiger partial charge on any atom is -0.383 e. The zero-order valence-electron chi connectivity index (χ0n) is 18.8. The second-order valence-electron chi connectivity index (χ2n) is 8.87. The van der Waals surface area contributed by atoms with E-state index in [1.54, 1.807) is 0 Å². The first-order valence-corrected chi connectivity index (χ1v) is 11.2. The Balaban J connectivity index is 1.74. The zero-order chi connectivity index (χ0) is 23.1. The average molecular weight is 435 g/mol. The van der Waals surface area contributed by atoms with Crippen molar-refractivity contribution in [2.75, 3.05) is 14.1 Å². The van der Waals surface area contributed by atoms with Crippen LogP contribution < -0.4 is 5.73 Å². The maximum atomic E-state index is 13.8. The minimum atomic E-state index is -0.475. The molecule has 0 unspecified atom stereocenters. The molecule has 0 aromatic heterocycles. The largest absolute Gasteiger partial charge is 0.383 e. The molecule has 33 heavy (non-hydrogen) atoms. The number of allylic oxidation sites excluding steroid dienone is 3. The number of nitrogens with two attached hydrogens (primary N) is 1. The van der Waals surface area contributed by atoms with Gasteiger partial charge in [-0.05, 0) is 34.2 Å². The Morgan fingerprint density at radius 2 is 1.67 bits per heavy atom. The molecule has 2 atom stereocenters. The fourth-order valence-electron chi connectivity index (χ4n) is 5.34. The third-order valence-electron chi connectivity index (χ3n) is 6.75. The van der Waals surface area contributed by atoms with Crippen molar-refractivity contribution in [3.8, 4) is 6.07 Å². The summed E-state index contributed by atoms with van der Waals surface area (Å²) in [6.07, 6.45) is 1.11. The number of ketones is 1. The van der Waals surface area contributed by atoms with Crippen molar-refractivity contribution in [2.24, 2.45) is 5.73 Å². The van der Waals surface area contributed by atoms with Crippen LogP contribution in [0.3, 0.4) is 0 Å². The highest BCUT2D eigenvalue weighted by Gasteiger charge is 2.43. The Hall–Kier alpha value is -3.88. The van der Waals surface area contributed by atoms with Crippen molar-refractivity contribution in [1.82, 2.24) is 10.0 Å². The van der Waals surface area contributed by atoms with E-state index in [1.807, 2.05) is 66.6 Å². The van der Waals surface area contributed by atoms with Crippen LogP contribution in [-0.4, -0.2) is 29.9 Å². The van der Waals surface area contributed by atoms with E-state index in [2.05, 4.69) is 36.4 Å². The van der Waals surface area contributed by atoms with Crippen molar-refractivity contribution in [3.05, 3.63) is 107 Å². The molecule has 2 N–H and O–H groups in total. The predicted octanol–water partition coefficient (Wildman–Crippen LogP) is 4.81. The van der Waals surface area contributed by atoms with Crippen molar-refractivity contribution in [3.63, 3.8) is 0 Å². The monoisotopic (exact) mass is 434 g/mol. The number of nitrogens with zero attached hydrogens (tertiary/aromatic N) is 3. The van der Waals surface area contributed by atoms with Crippen LogP contribution in [-0.2, 0) is 4.79 Å². The summed E-state index contributed by atoms with van der Waals surface area (Å²) in [7, 11) is 3.78. The average Bonchev–Trinajstić information content (AvgIpc) is 2.83. The van der Waals surface area contributed by atoms with Gasteiger partial charge in [0.2, 0.25) is 0 Å². The summed E-state index contributed by atoms with van der Waals surface area (Å²) < 4.78 is 0. The van der Waals surface area contributed by atoms with Gasteiger partial charge in [-0.3, -0.25) is 9.80 Å². The molecule has 0 saturated heterocycles. The molecule has 1 aliphatic heterocycles. The molecule has 1 heterocycles. The predicted molar refractivity (Wildman–Crippen MR) is 129 cm³/mol. The Labute approximate surface area is 194 Å². The summed E-state index contributed by atoms with van der Waals surface area (Å²) in [5.41, 5.74) is 10.7. The molecule has 0 saturated carbocycles. The van der Waals surface area contributed by atoms with Gasteiger partial charge in [0, 0.05) is 31.8 Å². The van der Waals surface area contributed by atoms with Crippen LogP contribution in [0.4, 0.5) is 0 Å². The van der Waals surface area contributed by atoms with Gasteiger partial charge in [-0.1, -0.05) is 72.8 Å². The van der Waals surface area contributed by atoms with E-state index in [9.17, 15) is 10.1 Å². The molecule has 1 aliphatic carbocycles. The molecule has 5 rings (SSSR count). The molecular weight excluding hydrogens is 408 g/mol. The van der Waals surface area contributed by atoms with E-state index in [4.69, 9.17) is 5.73 Å². The van der Waals surface area contributed by atoms with Crippen LogP contribution in [0.2, 0.25) is 0 Å². The van der Waals surface area contributed by atoms with Crippen LogP contribution in [0.5, 0.6) is 0 Å². The fourth-order valence-corrected chi connectivity index (χ4v) is 5.34. The first kappa shape index (κ1) is 21.0. The number of nitriles is 1. The van der Waals surface area contributed by atoms with Gasteiger partial charge < -0.3 is 5.73 Å². The fraction of sp³-hybridized carbons (Fsp3) is 0.214. The maximum absolute atomic E-state index is 13.8. The first-order chi connectivity index (χ1) is 16.0. The van der Waals surface area contributed by atoms with Crippen LogP contribution in [0, 0.1) is 11.3 Å². The Morgan fingerprint density at radius 3 is 2.39 bits per heavy atom. The third-order valence-corrected chi connectivity index (χ3v) is 6.75. The molecule has 0 amide bonds. The lowest BCUT2D eigenvalue weighted by Crippen LogP contribution is -2.46. The normalized spacial score (nSPS) is 20.9. The van der Waals surface area contributed by atoms with Crippen LogP contribution in [0.25, 0.3) is 10.8 Å². The second-order valence-corrected chi connectivity index (χ2v) is 8.87. The quantitative estimate of drug-likeness (QED) is 0.640. The minimum absolute atomic E-state index is 0.0736. The lowest BCUT2D eigenvalue weighted by molar-refractivity contribution is -0.117. The lowest BCUT2D eigenvalue weighted by Gasteiger charge is -2.44. The molecule has 0 spiro atoms. The number of benzene rings is 3. The number of carbonyl (C=O) groups is 1. The SMILES string of the molecule is CN(C)N1C(N)=C(C#N)[C@H](c2cccc3ccccc23)C2=C1C[C@@H](c1ccccc1)CC2=O. The van der Waals surface area contributed by atoms with Gasteiger partial charge in [0.15, 0.2) is 5.78 Å². The maximum Gasteiger partial charge on any atom is 0.162 e. The Kier molecular flexibility index (Phi) is 5.24. The molecule has 2 aliphatic rings. The smallest absolute Gasteiger partial charge is 0.162 e. The summed E-state index contributed by atoms with van der Waals surface area (Å²) >= 11 is 0. The van der Waals surface area contributed by atoms with Crippen LogP contribution in [0.1, 0.15) is 35.8 Å². The van der Waals surface area contributed by atoms with E-state index >= 15 is 0 Å². The first-order valence-electron chi connectivity index (χ1n) is 11.2. The second kappa shape index (κ2) is 8.23. The lowest BCUT2D eigenvalue weighted by atomic mass is 9.71. The number of rotatable bonds is 3. The Bertz CT molecular complexity index is 1340. The molecule has 0 radical (unpaired) electrons. The Morgan fingerprint density at radius 1 is 0.970 bits per heavy atom. The number of Topliss-reactive ketones (excluding diaryl/α,β-unsaturated/α-hetero) is 1. The molecule has 3 aromatic rings. The summed E-state index contributed by atoms with van der Waals surface area (Å²) in [6, 6.07) is 26.7. The summed E-state index contributed by atoms with van der Waals surface area (Å²) in [5, 5.41) is 16.0. The van der Waals surface area contributed by atoms with E-state index in [0.29, 0.717) is 29.8 Å². The van der Waals surface area contributed by atoms with Gasteiger partial charge in [0.1, 0.15) is 5.82 Å². The van der Waals surface area contributed by atoms with Gasteiger partial charge in [-0.15, -0.1) is 0 Å². The third kappa shape index (κ3) is 3.40. The summed E-state index contributed by atoms with van der Waals surface area (Å²) in [6.45, 7) is 0. The van der Waals surface area contributed by atoms with E-state index in [-0.39, 0.29) is 11.7 Å². The van der Waals surface area contributed by atoms with Crippen molar-refractivity contribution in [1.29, 1.82) is 5.26 Å². The van der Waals surface area contributed by atoms with Gasteiger partial charge in [-0.2, -0.15) is 5.26 Å². The number of hydrogen-bond donors (Lipinski definition) is 1. The van der Waals surface area contributed by atoms with Crippen LogP contribution >= 0.6 is 0 Å². The van der Waals surface area contributed by atoms with Crippen molar-refractivity contribution in [2.45, 2.75) is 24.7 Å². The summed E-state index contributed by atoms with van der Waals surface area (Å²) in [5.74, 6) is 0.0665. The molecule has 3 aromatic carbocycles. The van der Waals surface area contributed by atoms with Crippen molar-refractivity contribution < 1.29 is 4.79 Å². The van der Waals surface area contributed by atoms with Crippen LogP contribution in [0.15, 0.2) is 95.5 Å². The number of hydrazine groups is 1. The highest BCUT2D eigenvalue weighted by molar-refractivity contribution is 6.02. The van der Waals surface area contributed by atoms with Gasteiger partial charge in [0.05, 0.1) is 17.6 Å². The zero-order valence-corrected chi connectivity index (χ0v) is 18.8. The van der Waals surface area contributed by atoms with E-state index < -0.39 is 5.92 Å². The molecule has 5 nitrogen and oxygen atoms in total. The number of hydrogen-bond acceptors (Lipinski definition) is 5. The van der Waals surface area contributed by atoms with Gasteiger partial charge >= 0.3 is 0 Å². The number of carbonyl (C=O) groups excluding carboxylic acids is 1. The van der Waals surface area contributed by atoms with Gasteiger partial charge in [-0.25, -0.2) is 5.01 Å². The molecule has 0 bridgehead atoms. The molecule has 0 fully saturated rings. The molecule has 5 heteroatoms. The topological polar surface area (TPSA) is 73.4 Å². The standard InChI is InChI=1S/C28H26N4O/c1-31(2)32-24-15-20(18-9-4-3-5-10-18)16-25(33)27(24)26(23(17-29)28(32)30)22-14-8-12-19-11-6-7-13-21(19)22/h3-14,20,26H,15-16,30H2,1-2H3/t20-,26+/m1/s1. The molecular formula is C28H26N4O.